The Hall–Kier alpha value is -5.60. The molecule has 1 aromatic heterocycles. The molecule has 0 spiro atoms. The standard InChI is InChI=1S/C42H26O2/c1-2-14-26-25(12-1)13-11-21-28(26)38-29-16-3-5-18-31(29)39(32-19-6-4-17-30(32)38)35-24-34-27-15-7-9-22-36(27)43-41(34)40-33-20-8-10-23-37(33)44-42(35)40/h1-24,34,41H. The minimum atomic E-state index is -0.123. The lowest BCUT2D eigenvalue weighted by atomic mass is 9.77. The molecule has 44 heavy (non-hydrogen) atoms. The molecule has 2 atom stereocenters. The second-order valence-corrected chi connectivity index (χ2v) is 11.9. The van der Waals surface area contributed by atoms with E-state index < -0.39 is 0 Å². The van der Waals surface area contributed by atoms with Gasteiger partial charge in [-0.05, 0) is 55.6 Å². The van der Waals surface area contributed by atoms with E-state index in [-0.39, 0.29) is 12.0 Å². The zero-order chi connectivity index (χ0) is 28.8. The van der Waals surface area contributed by atoms with Crippen molar-refractivity contribution >= 4 is 48.9 Å². The molecule has 2 aliphatic rings. The highest BCUT2D eigenvalue weighted by atomic mass is 16.5. The van der Waals surface area contributed by atoms with Gasteiger partial charge in [0, 0.05) is 33.6 Å². The summed E-state index contributed by atoms with van der Waals surface area (Å²) in [5.41, 5.74) is 8.13. The minimum absolute atomic E-state index is 0.0879. The Morgan fingerprint density at radius 2 is 1.07 bits per heavy atom. The highest BCUT2D eigenvalue weighted by molar-refractivity contribution is 6.22. The number of hydrogen-bond donors (Lipinski definition) is 0. The molecular weight excluding hydrogens is 536 g/mol. The van der Waals surface area contributed by atoms with Gasteiger partial charge in [-0.2, -0.15) is 0 Å². The van der Waals surface area contributed by atoms with Crippen LogP contribution in [0, 0.1) is 0 Å². The van der Waals surface area contributed by atoms with Crippen molar-refractivity contribution in [3.05, 3.63) is 168 Å². The zero-order valence-corrected chi connectivity index (χ0v) is 23.8. The fourth-order valence-corrected chi connectivity index (χ4v) is 7.80. The second kappa shape index (κ2) is 8.95. The molecule has 2 nitrogen and oxygen atoms in total. The van der Waals surface area contributed by atoms with E-state index >= 15 is 0 Å². The summed E-state index contributed by atoms with van der Waals surface area (Å²) in [6.45, 7) is 0. The van der Waals surface area contributed by atoms with Crippen molar-refractivity contribution in [1.82, 2.24) is 0 Å². The molecule has 1 aliphatic carbocycles. The summed E-state index contributed by atoms with van der Waals surface area (Å²) in [5.74, 6) is 1.95. The monoisotopic (exact) mass is 562 g/mol. The molecule has 2 heteroatoms. The largest absolute Gasteiger partial charge is 0.484 e. The maximum absolute atomic E-state index is 6.79. The summed E-state index contributed by atoms with van der Waals surface area (Å²) in [5, 5.41) is 8.54. The molecule has 10 rings (SSSR count). The van der Waals surface area contributed by atoms with Crippen LogP contribution < -0.4 is 4.74 Å². The van der Waals surface area contributed by atoms with E-state index in [0.717, 1.165) is 33.6 Å². The molecule has 0 saturated carbocycles. The summed E-state index contributed by atoms with van der Waals surface area (Å²) in [6.07, 6.45) is 2.29. The minimum Gasteiger partial charge on any atom is -0.484 e. The molecule has 2 heterocycles. The lowest BCUT2D eigenvalue weighted by Gasteiger charge is -2.26. The summed E-state index contributed by atoms with van der Waals surface area (Å²) in [4.78, 5) is 0. The van der Waals surface area contributed by atoms with Gasteiger partial charge < -0.3 is 9.15 Å². The van der Waals surface area contributed by atoms with Crippen LogP contribution in [0.5, 0.6) is 5.75 Å². The number of furan rings is 1. The maximum Gasteiger partial charge on any atom is 0.142 e. The molecule has 0 saturated heterocycles. The summed E-state index contributed by atoms with van der Waals surface area (Å²) >= 11 is 0. The number of rotatable bonds is 2. The Morgan fingerprint density at radius 1 is 0.477 bits per heavy atom. The molecule has 0 fully saturated rings. The van der Waals surface area contributed by atoms with E-state index in [1.165, 1.54) is 54.6 Å². The first-order valence-corrected chi connectivity index (χ1v) is 15.3. The fraction of sp³-hybridized carbons (Fsp3) is 0.0476. The molecule has 1 aliphatic heterocycles. The van der Waals surface area contributed by atoms with E-state index in [9.17, 15) is 0 Å². The van der Waals surface area contributed by atoms with E-state index in [1.54, 1.807) is 0 Å². The normalized spacial score (nSPS) is 17.0. The number of para-hydroxylation sites is 2. The molecular formula is C42H26O2. The Labute approximate surface area is 254 Å². The van der Waals surface area contributed by atoms with Gasteiger partial charge in [0.25, 0.3) is 0 Å². The molecule has 0 bridgehead atoms. The Kier molecular flexibility index (Phi) is 4.86. The highest BCUT2D eigenvalue weighted by Gasteiger charge is 2.42. The molecule has 8 aromatic rings. The predicted octanol–water partition coefficient (Wildman–Crippen LogP) is 11.2. The first-order valence-electron chi connectivity index (χ1n) is 15.3. The maximum atomic E-state index is 6.79. The van der Waals surface area contributed by atoms with E-state index in [0.29, 0.717) is 0 Å². The van der Waals surface area contributed by atoms with Gasteiger partial charge in [0.15, 0.2) is 0 Å². The van der Waals surface area contributed by atoms with Crippen LogP contribution in [0.4, 0.5) is 0 Å². The predicted molar refractivity (Wildman–Crippen MR) is 180 cm³/mol. The van der Waals surface area contributed by atoms with Crippen molar-refractivity contribution in [1.29, 1.82) is 0 Å². The van der Waals surface area contributed by atoms with Gasteiger partial charge in [-0.3, -0.25) is 0 Å². The van der Waals surface area contributed by atoms with E-state index in [4.69, 9.17) is 9.15 Å². The number of benzene rings is 7. The van der Waals surface area contributed by atoms with Crippen LogP contribution in [-0.4, -0.2) is 0 Å². The highest BCUT2D eigenvalue weighted by Crippen LogP contribution is 2.57. The Balaban J connectivity index is 1.35. The quantitative estimate of drug-likeness (QED) is 0.196. The molecule has 206 valence electrons. The van der Waals surface area contributed by atoms with Crippen LogP contribution in [0.1, 0.15) is 34.5 Å². The molecule has 0 amide bonds. The molecule has 0 radical (unpaired) electrons. The lowest BCUT2D eigenvalue weighted by Crippen LogP contribution is -2.15. The van der Waals surface area contributed by atoms with E-state index in [2.05, 4.69) is 140 Å². The third-order valence-electron chi connectivity index (χ3n) is 9.63. The van der Waals surface area contributed by atoms with E-state index in [1.807, 2.05) is 6.07 Å². The smallest absolute Gasteiger partial charge is 0.142 e. The van der Waals surface area contributed by atoms with Gasteiger partial charge in [0.05, 0.1) is 0 Å². The molecule has 2 unspecified atom stereocenters. The van der Waals surface area contributed by atoms with Crippen molar-refractivity contribution in [2.45, 2.75) is 12.0 Å². The van der Waals surface area contributed by atoms with Crippen molar-refractivity contribution in [2.24, 2.45) is 0 Å². The van der Waals surface area contributed by atoms with Crippen molar-refractivity contribution in [3.63, 3.8) is 0 Å². The van der Waals surface area contributed by atoms with Crippen LogP contribution in [0.25, 0.3) is 60.0 Å². The lowest BCUT2D eigenvalue weighted by molar-refractivity contribution is 0.222. The van der Waals surface area contributed by atoms with Crippen molar-refractivity contribution in [3.8, 4) is 16.9 Å². The number of hydrogen-bond acceptors (Lipinski definition) is 2. The first-order chi connectivity index (χ1) is 21.8. The van der Waals surface area contributed by atoms with Crippen LogP contribution in [0.2, 0.25) is 0 Å². The SMILES string of the molecule is C1=C(c2c3ccccc3c(-c3cccc4ccccc34)c3ccccc23)c2oc3ccccc3c2C2Oc3ccccc3C12. The average molecular weight is 563 g/mol. The van der Waals surface area contributed by atoms with Crippen LogP contribution >= 0.6 is 0 Å². The summed E-state index contributed by atoms with van der Waals surface area (Å²) in [6, 6.07) is 50.0. The van der Waals surface area contributed by atoms with Gasteiger partial charge in [-0.15, -0.1) is 0 Å². The van der Waals surface area contributed by atoms with Crippen molar-refractivity contribution < 1.29 is 9.15 Å². The van der Waals surface area contributed by atoms with Crippen LogP contribution in [-0.2, 0) is 0 Å². The van der Waals surface area contributed by atoms with Gasteiger partial charge in [-0.25, -0.2) is 0 Å². The van der Waals surface area contributed by atoms with Crippen molar-refractivity contribution in [2.75, 3.05) is 0 Å². The number of ether oxygens (including phenoxy) is 1. The van der Waals surface area contributed by atoms with Gasteiger partial charge in [0.2, 0.25) is 0 Å². The summed E-state index contributed by atoms with van der Waals surface area (Å²) < 4.78 is 13.5. The Morgan fingerprint density at radius 3 is 1.84 bits per heavy atom. The second-order valence-electron chi connectivity index (χ2n) is 11.9. The Bertz CT molecular complexity index is 2430. The average Bonchev–Trinajstić information content (AvgIpc) is 3.65. The fourth-order valence-electron chi connectivity index (χ4n) is 7.80. The van der Waals surface area contributed by atoms with Gasteiger partial charge in [0.1, 0.15) is 23.2 Å². The number of fused-ring (bicyclic) bond motifs is 10. The van der Waals surface area contributed by atoms with Gasteiger partial charge >= 0.3 is 0 Å². The van der Waals surface area contributed by atoms with Gasteiger partial charge in [-0.1, -0.05) is 133 Å². The van der Waals surface area contributed by atoms with Crippen LogP contribution in [0.3, 0.4) is 0 Å². The topological polar surface area (TPSA) is 22.4 Å². The summed E-state index contributed by atoms with van der Waals surface area (Å²) in [7, 11) is 0. The third-order valence-corrected chi connectivity index (χ3v) is 9.63. The first kappa shape index (κ1) is 23.9. The molecule has 7 aromatic carbocycles. The zero-order valence-electron chi connectivity index (χ0n) is 23.8. The third kappa shape index (κ3) is 3.20. The molecule has 0 N–H and O–H groups in total. The van der Waals surface area contributed by atoms with Crippen LogP contribution in [0.15, 0.2) is 150 Å².